The lowest BCUT2D eigenvalue weighted by atomic mass is 9.97. The molecule has 0 amide bonds. The number of hydrogen-bond acceptors (Lipinski definition) is 4. The molecule has 0 spiro atoms. The van der Waals surface area contributed by atoms with Crippen LogP contribution in [0, 0.1) is 12.8 Å². The number of aromatic nitrogens is 3. The summed E-state index contributed by atoms with van der Waals surface area (Å²) in [6.45, 7) is 4.94. The Balaban J connectivity index is 1.82. The van der Waals surface area contributed by atoms with Gasteiger partial charge in [-0.2, -0.15) is 0 Å². The predicted molar refractivity (Wildman–Crippen MR) is 90.1 cm³/mol. The summed E-state index contributed by atoms with van der Waals surface area (Å²) in [5.74, 6) is 1.70. The zero-order valence-corrected chi connectivity index (χ0v) is 12.8. The number of aryl methyl sites for hydroxylation is 1. The molecule has 0 aliphatic carbocycles. The summed E-state index contributed by atoms with van der Waals surface area (Å²) in [4.78, 5) is 14.8. The van der Waals surface area contributed by atoms with E-state index in [-0.39, 0.29) is 0 Å². The van der Waals surface area contributed by atoms with Gasteiger partial charge in [0.15, 0.2) is 0 Å². The highest BCUT2D eigenvalue weighted by molar-refractivity contribution is 6.11. The van der Waals surface area contributed by atoms with Crippen molar-refractivity contribution >= 4 is 27.8 Å². The second-order valence-electron chi connectivity index (χ2n) is 6.26. The number of nitrogens with two attached hydrogens (primary N) is 1. The van der Waals surface area contributed by atoms with Gasteiger partial charge in [-0.05, 0) is 43.9 Å². The Morgan fingerprint density at radius 2 is 2.09 bits per heavy atom. The van der Waals surface area contributed by atoms with Gasteiger partial charge in [0, 0.05) is 24.0 Å². The van der Waals surface area contributed by atoms with Crippen molar-refractivity contribution in [2.24, 2.45) is 11.7 Å². The summed E-state index contributed by atoms with van der Waals surface area (Å²) in [5.41, 5.74) is 9.10. The molecule has 5 nitrogen and oxygen atoms in total. The largest absolute Gasteiger partial charge is 0.356 e. The van der Waals surface area contributed by atoms with Crippen molar-refractivity contribution < 1.29 is 0 Å². The highest BCUT2D eigenvalue weighted by atomic mass is 15.2. The van der Waals surface area contributed by atoms with E-state index in [0.29, 0.717) is 5.92 Å². The molecular formula is C17H21N5. The third kappa shape index (κ3) is 2.13. The first-order chi connectivity index (χ1) is 10.8. The van der Waals surface area contributed by atoms with E-state index in [0.717, 1.165) is 54.8 Å². The molecule has 114 valence electrons. The molecule has 1 aliphatic rings. The number of hydrogen-bond donors (Lipinski definition) is 2. The molecule has 3 heterocycles. The number of nitrogens with one attached hydrogen (secondary N) is 1. The summed E-state index contributed by atoms with van der Waals surface area (Å²) in [6.07, 6.45) is 3.95. The van der Waals surface area contributed by atoms with Gasteiger partial charge in [0.25, 0.3) is 0 Å². The molecule has 22 heavy (non-hydrogen) atoms. The number of nitrogens with zero attached hydrogens (tertiary/aromatic N) is 3. The fraction of sp³-hybridized carbons (Fsp3) is 0.412. The van der Waals surface area contributed by atoms with Gasteiger partial charge < -0.3 is 15.6 Å². The van der Waals surface area contributed by atoms with E-state index in [1.165, 1.54) is 10.9 Å². The van der Waals surface area contributed by atoms with Crippen LogP contribution in [0.3, 0.4) is 0 Å². The minimum Gasteiger partial charge on any atom is -0.356 e. The average Bonchev–Trinajstić information content (AvgIpc) is 2.92. The molecule has 0 unspecified atom stereocenters. The SMILES string of the molecule is Cc1ccc2c(c1)[nH]c1ncnc(N3CCC(CN)CC3)c12. The first-order valence-electron chi connectivity index (χ1n) is 7.94. The first kappa shape index (κ1) is 13.5. The normalized spacial score (nSPS) is 16.7. The topological polar surface area (TPSA) is 70.8 Å². The van der Waals surface area contributed by atoms with Crippen LogP contribution in [-0.4, -0.2) is 34.6 Å². The number of fused-ring (bicyclic) bond motifs is 3. The molecule has 0 atom stereocenters. The molecule has 0 saturated carbocycles. The Kier molecular flexibility index (Phi) is 3.22. The van der Waals surface area contributed by atoms with Crippen LogP contribution in [-0.2, 0) is 0 Å². The molecule has 1 fully saturated rings. The lowest BCUT2D eigenvalue weighted by molar-refractivity contribution is 0.413. The Bertz CT molecular complexity index is 814. The van der Waals surface area contributed by atoms with Gasteiger partial charge in [-0.3, -0.25) is 0 Å². The van der Waals surface area contributed by atoms with E-state index in [2.05, 4.69) is 45.0 Å². The maximum Gasteiger partial charge on any atom is 0.143 e. The maximum atomic E-state index is 5.80. The standard InChI is InChI=1S/C17H21N5/c1-11-2-3-13-14(8-11)21-16-15(13)17(20-10-19-16)22-6-4-12(9-18)5-7-22/h2-3,8,10,12H,4-7,9,18H2,1H3,(H,19,20,21). The van der Waals surface area contributed by atoms with Crippen LogP contribution in [0.2, 0.25) is 0 Å². The van der Waals surface area contributed by atoms with E-state index < -0.39 is 0 Å². The molecule has 1 aliphatic heterocycles. The smallest absolute Gasteiger partial charge is 0.143 e. The van der Waals surface area contributed by atoms with Gasteiger partial charge in [-0.1, -0.05) is 12.1 Å². The number of anilines is 1. The highest BCUT2D eigenvalue weighted by Gasteiger charge is 2.22. The van der Waals surface area contributed by atoms with E-state index in [4.69, 9.17) is 5.73 Å². The molecule has 4 rings (SSSR count). The summed E-state index contributed by atoms with van der Waals surface area (Å²) in [5, 5.41) is 2.35. The average molecular weight is 295 g/mol. The lowest BCUT2D eigenvalue weighted by Crippen LogP contribution is -2.36. The van der Waals surface area contributed by atoms with E-state index in [1.54, 1.807) is 6.33 Å². The van der Waals surface area contributed by atoms with Gasteiger partial charge in [0.05, 0.1) is 5.39 Å². The van der Waals surface area contributed by atoms with Crippen LogP contribution in [0.15, 0.2) is 24.5 Å². The van der Waals surface area contributed by atoms with Crippen LogP contribution in [0.4, 0.5) is 5.82 Å². The monoisotopic (exact) mass is 295 g/mol. The van der Waals surface area contributed by atoms with Crippen molar-refractivity contribution in [1.29, 1.82) is 0 Å². The number of rotatable bonds is 2. The molecular weight excluding hydrogens is 274 g/mol. The molecule has 1 saturated heterocycles. The summed E-state index contributed by atoms with van der Waals surface area (Å²) < 4.78 is 0. The van der Waals surface area contributed by atoms with Crippen molar-refractivity contribution in [3.63, 3.8) is 0 Å². The Labute approximate surface area is 129 Å². The number of piperidine rings is 1. The molecule has 0 radical (unpaired) electrons. The molecule has 1 aromatic carbocycles. The molecule has 3 N–H and O–H groups in total. The maximum absolute atomic E-state index is 5.80. The van der Waals surface area contributed by atoms with Gasteiger partial charge in [-0.15, -0.1) is 0 Å². The van der Waals surface area contributed by atoms with Gasteiger partial charge in [0.1, 0.15) is 17.8 Å². The van der Waals surface area contributed by atoms with Crippen molar-refractivity contribution in [2.75, 3.05) is 24.5 Å². The lowest BCUT2D eigenvalue weighted by Gasteiger charge is -2.32. The van der Waals surface area contributed by atoms with Crippen molar-refractivity contribution in [2.45, 2.75) is 19.8 Å². The third-order valence-corrected chi connectivity index (χ3v) is 4.77. The van der Waals surface area contributed by atoms with E-state index in [9.17, 15) is 0 Å². The van der Waals surface area contributed by atoms with Gasteiger partial charge >= 0.3 is 0 Å². The molecule has 3 aromatic rings. The fourth-order valence-electron chi connectivity index (χ4n) is 3.45. The van der Waals surface area contributed by atoms with E-state index in [1.807, 2.05) is 0 Å². The Hall–Kier alpha value is -2.14. The second-order valence-corrected chi connectivity index (χ2v) is 6.26. The van der Waals surface area contributed by atoms with Crippen LogP contribution in [0.1, 0.15) is 18.4 Å². The second kappa shape index (κ2) is 5.25. The first-order valence-corrected chi connectivity index (χ1v) is 7.94. The number of benzene rings is 1. The van der Waals surface area contributed by atoms with Crippen molar-refractivity contribution in [1.82, 2.24) is 15.0 Å². The Morgan fingerprint density at radius 1 is 1.27 bits per heavy atom. The van der Waals surface area contributed by atoms with Crippen LogP contribution >= 0.6 is 0 Å². The van der Waals surface area contributed by atoms with Crippen LogP contribution in [0.25, 0.3) is 21.9 Å². The summed E-state index contributed by atoms with van der Waals surface area (Å²) in [7, 11) is 0. The van der Waals surface area contributed by atoms with Crippen molar-refractivity contribution in [3.05, 3.63) is 30.1 Å². The van der Waals surface area contributed by atoms with Crippen molar-refractivity contribution in [3.8, 4) is 0 Å². The minimum absolute atomic E-state index is 0.652. The molecule has 5 heteroatoms. The number of H-pyrrole nitrogens is 1. The van der Waals surface area contributed by atoms with Gasteiger partial charge in [0.2, 0.25) is 0 Å². The molecule has 2 aromatic heterocycles. The third-order valence-electron chi connectivity index (χ3n) is 4.77. The predicted octanol–water partition coefficient (Wildman–Crippen LogP) is 2.59. The number of aromatic amines is 1. The molecule has 0 bridgehead atoms. The highest BCUT2D eigenvalue weighted by Crippen LogP contribution is 2.33. The van der Waals surface area contributed by atoms with E-state index >= 15 is 0 Å². The summed E-state index contributed by atoms with van der Waals surface area (Å²) in [6, 6.07) is 6.48. The van der Waals surface area contributed by atoms with Crippen LogP contribution in [0.5, 0.6) is 0 Å². The van der Waals surface area contributed by atoms with Gasteiger partial charge in [-0.25, -0.2) is 9.97 Å². The summed E-state index contributed by atoms with van der Waals surface area (Å²) >= 11 is 0. The zero-order valence-electron chi connectivity index (χ0n) is 12.8. The minimum atomic E-state index is 0.652. The fourth-order valence-corrected chi connectivity index (χ4v) is 3.45. The quantitative estimate of drug-likeness (QED) is 0.762. The zero-order chi connectivity index (χ0) is 15.1. The van der Waals surface area contributed by atoms with Crippen LogP contribution < -0.4 is 10.6 Å². The Morgan fingerprint density at radius 3 is 2.86 bits per heavy atom.